The van der Waals surface area contributed by atoms with Crippen LogP contribution in [0.2, 0.25) is 0 Å². The molecule has 2 aromatic carbocycles. The molecule has 2 heteroatoms. The minimum absolute atomic E-state index is 0.147. The van der Waals surface area contributed by atoms with Gasteiger partial charge in [0.1, 0.15) is 11.9 Å². The number of hydrogen-bond acceptors (Lipinski definition) is 1. The van der Waals surface area contributed by atoms with Gasteiger partial charge in [-0.05, 0) is 90.3 Å². The van der Waals surface area contributed by atoms with E-state index in [4.69, 9.17) is 5.26 Å². The van der Waals surface area contributed by atoms with Crippen LogP contribution in [0.3, 0.4) is 0 Å². The monoisotopic (exact) mass is 373 g/mol. The van der Waals surface area contributed by atoms with Crippen molar-refractivity contribution in [1.82, 2.24) is 0 Å². The molecule has 0 saturated heterocycles. The van der Waals surface area contributed by atoms with Crippen molar-refractivity contribution in [3.63, 3.8) is 0 Å². The minimum atomic E-state index is -0.406. The van der Waals surface area contributed by atoms with Crippen molar-refractivity contribution in [3.05, 3.63) is 76.1 Å². The van der Waals surface area contributed by atoms with E-state index >= 15 is 0 Å². The molecule has 0 N–H and O–H groups in total. The van der Waals surface area contributed by atoms with E-state index in [1.54, 1.807) is 12.1 Å². The lowest BCUT2D eigenvalue weighted by Gasteiger charge is -2.28. The van der Waals surface area contributed by atoms with Crippen LogP contribution in [0.5, 0.6) is 0 Å². The van der Waals surface area contributed by atoms with Crippen molar-refractivity contribution in [2.24, 2.45) is 5.92 Å². The Balaban J connectivity index is 1.45. The molecular formula is C26H28FN. The maximum atomic E-state index is 14.0. The van der Waals surface area contributed by atoms with Crippen LogP contribution in [0.1, 0.15) is 79.2 Å². The second-order valence-corrected chi connectivity index (χ2v) is 8.45. The predicted molar refractivity (Wildman–Crippen MR) is 113 cm³/mol. The summed E-state index contributed by atoms with van der Waals surface area (Å²) in [6, 6.07) is 14.3. The zero-order valence-corrected chi connectivity index (χ0v) is 16.7. The molecule has 4 rings (SSSR count). The highest BCUT2D eigenvalue weighted by Gasteiger charge is 2.22. The number of halogens is 1. The second-order valence-electron chi connectivity index (χ2n) is 8.45. The second kappa shape index (κ2) is 8.31. The van der Waals surface area contributed by atoms with Gasteiger partial charge in [-0.25, -0.2) is 4.39 Å². The molecule has 0 amide bonds. The summed E-state index contributed by atoms with van der Waals surface area (Å²) in [6.45, 7) is 2.29. The molecule has 2 aromatic rings. The fraction of sp³-hybridized carbons (Fsp3) is 0.423. The first kappa shape index (κ1) is 18.9. The fourth-order valence-electron chi connectivity index (χ4n) is 4.99. The minimum Gasteiger partial charge on any atom is -0.206 e. The molecule has 0 aromatic heterocycles. The standard InChI is InChI=1S/C26H28FN/c1-2-3-18-4-6-19(7-5-18)20-8-10-21(11-9-20)22-12-13-23-15-25(17-28)26(27)16-24(23)14-22/h8-12,15-16,18-19H,2-7,13-14H2,1H3. The van der Waals surface area contributed by atoms with E-state index in [-0.39, 0.29) is 5.56 Å². The summed E-state index contributed by atoms with van der Waals surface area (Å²) >= 11 is 0. The number of nitrogens with zero attached hydrogens (tertiary/aromatic N) is 1. The van der Waals surface area contributed by atoms with E-state index in [1.807, 2.05) is 6.07 Å². The molecule has 1 nitrogen and oxygen atoms in total. The largest absolute Gasteiger partial charge is 0.206 e. The first-order valence-corrected chi connectivity index (χ1v) is 10.7. The van der Waals surface area contributed by atoms with E-state index in [0.29, 0.717) is 5.92 Å². The van der Waals surface area contributed by atoms with Gasteiger partial charge < -0.3 is 0 Å². The average molecular weight is 374 g/mol. The Hall–Kier alpha value is -2.40. The average Bonchev–Trinajstić information content (AvgIpc) is 2.74. The van der Waals surface area contributed by atoms with Gasteiger partial charge in [-0.1, -0.05) is 50.1 Å². The Kier molecular flexibility index (Phi) is 5.62. The molecule has 0 radical (unpaired) electrons. The van der Waals surface area contributed by atoms with Gasteiger partial charge in [-0.15, -0.1) is 0 Å². The first-order chi connectivity index (χ1) is 13.7. The maximum Gasteiger partial charge on any atom is 0.141 e. The summed E-state index contributed by atoms with van der Waals surface area (Å²) in [5.41, 5.74) is 6.19. The Morgan fingerprint density at radius 1 is 1.04 bits per heavy atom. The van der Waals surface area contributed by atoms with Crippen LogP contribution >= 0.6 is 0 Å². The zero-order valence-electron chi connectivity index (χ0n) is 16.7. The molecule has 0 heterocycles. The number of rotatable bonds is 4. The van der Waals surface area contributed by atoms with Crippen LogP contribution in [-0.4, -0.2) is 0 Å². The number of benzene rings is 2. The highest BCUT2D eigenvalue weighted by molar-refractivity contribution is 5.71. The molecule has 0 atom stereocenters. The number of nitriles is 1. The molecule has 0 spiro atoms. The van der Waals surface area contributed by atoms with Gasteiger partial charge in [0.2, 0.25) is 0 Å². The number of fused-ring (bicyclic) bond motifs is 1. The van der Waals surface area contributed by atoms with Crippen molar-refractivity contribution in [1.29, 1.82) is 5.26 Å². The Labute approximate surface area is 167 Å². The van der Waals surface area contributed by atoms with Crippen LogP contribution in [-0.2, 0) is 12.8 Å². The van der Waals surface area contributed by atoms with Gasteiger partial charge in [-0.2, -0.15) is 5.26 Å². The molecule has 0 aliphatic heterocycles. The smallest absolute Gasteiger partial charge is 0.141 e. The van der Waals surface area contributed by atoms with Gasteiger partial charge in [0.15, 0.2) is 0 Å². The molecule has 144 valence electrons. The zero-order chi connectivity index (χ0) is 19.5. The third-order valence-electron chi connectivity index (χ3n) is 6.66. The highest BCUT2D eigenvalue weighted by Crippen LogP contribution is 2.38. The van der Waals surface area contributed by atoms with Crippen molar-refractivity contribution in [2.75, 3.05) is 0 Å². The van der Waals surface area contributed by atoms with E-state index in [1.165, 1.54) is 55.2 Å². The summed E-state index contributed by atoms with van der Waals surface area (Å²) in [5, 5.41) is 9.02. The van der Waals surface area contributed by atoms with E-state index in [0.717, 1.165) is 29.9 Å². The van der Waals surface area contributed by atoms with Crippen molar-refractivity contribution in [2.45, 2.75) is 64.2 Å². The number of hydrogen-bond donors (Lipinski definition) is 0. The fourth-order valence-corrected chi connectivity index (χ4v) is 4.99. The van der Waals surface area contributed by atoms with E-state index < -0.39 is 5.82 Å². The Morgan fingerprint density at radius 2 is 1.79 bits per heavy atom. The lowest BCUT2D eigenvalue weighted by Crippen LogP contribution is -2.13. The van der Waals surface area contributed by atoms with Crippen LogP contribution in [0.4, 0.5) is 4.39 Å². The third-order valence-corrected chi connectivity index (χ3v) is 6.66. The lowest BCUT2D eigenvalue weighted by molar-refractivity contribution is 0.308. The van der Waals surface area contributed by atoms with Crippen LogP contribution < -0.4 is 0 Å². The summed E-state index contributed by atoms with van der Waals surface area (Å²) in [5.74, 6) is 1.24. The maximum absolute atomic E-state index is 14.0. The van der Waals surface area contributed by atoms with Crippen LogP contribution in [0, 0.1) is 23.1 Å². The van der Waals surface area contributed by atoms with Crippen molar-refractivity contribution >= 4 is 5.57 Å². The molecule has 28 heavy (non-hydrogen) atoms. The lowest BCUT2D eigenvalue weighted by atomic mass is 9.77. The molecule has 2 aliphatic rings. The molecule has 0 unspecified atom stereocenters. The van der Waals surface area contributed by atoms with Crippen molar-refractivity contribution in [3.8, 4) is 6.07 Å². The molecule has 1 saturated carbocycles. The van der Waals surface area contributed by atoms with Crippen molar-refractivity contribution < 1.29 is 4.39 Å². The normalized spacial score (nSPS) is 21.5. The quantitative estimate of drug-likeness (QED) is 0.568. The van der Waals surface area contributed by atoms with Gasteiger partial charge in [0.05, 0.1) is 5.56 Å². The topological polar surface area (TPSA) is 23.8 Å². The van der Waals surface area contributed by atoms with E-state index in [9.17, 15) is 4.39 Å². The van der Waals surface area contributed by atoms with Crippen LogP contribution in [0.15, 0.2) is 42.5 Å². The third kappa shape index (κ3) is 3.90. The Bertz CT molecular complexity index is 909. The molecule has 2 aliphatic carbocycles. The van der Waals surface area contributed by atoms with E-state index in [2.05, 4.69) is 37.3 Å². The van der Waals surface area contributed by atoms with Gasteiger partial charge >= 0.3 is 0 Å². The Morgan fingerprint density at radius 3 is 2.46 bits per heavy atom. The first-order valence-electron chi connectivity index (χ1n) is 10.7. The predicted octanol–water partition coefficient (Wildman–Crippen LogP) is 6.95. The summed E-state index contributed by atoms with van der Waals surface area (Å²) < 4.78 is 14.0. The summed E-state index contributed by atoms with van der Waals surface area (Å²) in [7, 11) is 0. The molecule has 0 bridgehead atoms. The molecular weight excluding hydrogens is 345 g/mol. The SMILES string of the molecule is CCCC1CCC(c2ccc(C3=CCc4cc(C#N)c(F)cc4C3)cc2)CC1. The van der Waals surface area contributed by atoms with Gasteiger partial charge in [0, 0.05) is 0 Å². The highest BCUT2D eigenvalue weighted by atomic mass is 19.1. The molecule has 1 fully saturated rings. The van der Waals surface area contributed by atoms with Crippen LogP contribution in [0.25, 0.3) is 5.57 Å². The summed E-state index contributed by atoms with van der Waals surface area (Å²) in [6.07, 6.45) is 11.8. The summed E-state index contributed by atoms with van der Waals surface area (Å²) in [4.78, 5) is 0. The number of allylic oxidation sites excluding steroid dienone is 2. The van der Waals surface area contributed by atoms with Gasteiger partial charge in [-0.3, -0.25) is 0 Å². The van der Waals surface area contributed by atoms with Gasteiger partial charge in [0.25, 0.3) is 0 Å².